The van der Waals surface area contributed by atoms with Crippen molar-refractivity contribution < 1.29 is 14.3 Å². The highest BCUT2D eigenvalue weighted by atomic mass is 35.5. The van der Waals surface area contributed by atoms with Crippen molar-refractivity contribution in [3.05, 3.63) is 36.5 Å². The molecule has 1 aromatic heterocycles. The summed E-state index contributed by atoms with van der Waals surface area (Å²) in [4.78, 5) is 29.6. The second-order valence-corrected chi connectivity index (χ2v) is 7.09. The molecule has 0 spiro atoms. The third-order valence-corrected chi connectivity index (χ3v) is 5.23. The number of benzene rings is 1. The summed E-state index contributed by atoms with van der Waals surface area (Å²) in [5.74, 6) is 1.47. The van der Waals surface area contributed by atoms with Crippen LogP contribution >= 0.6 is 12.4 Å². The molecule has 0 aliphatic carbocycles. The number of pyridine rings is 1. The summed E-state index contributed by atoms with van der Waals surface area (Å²) in [5.41, 5.74) is 0. The van der Waals surface area contributed by atoms with Gasteiger partial charge in [0, 0.05) is 31.7 Å². The molecule has 1 fully saturated rings. The summed E-state index contributed by atoms with van der Waals surface area (Å²) < 4.78 is 5.12. The Hall–Kier alpha value is -2.54. The maximum absolute atomic E-state index is 11.5. The fraction of sp³-hybridized carbons (Fsp3) is 0.476. The van der Waals surface area contributed by atoms with Crippen LogP contribution in [0, 0.1) is 5.92 Å². The van der Waals surface area contributed by atoms with Gasteiger partial charge in [0.15, 0.2) is 0 Å². The summed E-state index contributed by atoms with van der Waals surface area (Å²) in [6, 6.07) is 10.4. The lowest BCUT2D eigenvalue weighted by atomic mass is 9.92. The number of rotatable bonds is 7. The molecular formula is C21H29ClN4O3. The molecule has 0 saturated carbocycles. The number of nitrogens with one attached hydrogen (secondary N) is 2. The minimum absolute atomic E-state index is 0. The molecule has 2 aromatic rings. The van der Waals surface area contributed by atoms with E-state index in [0.29, 0.717) is 12.5 Å². The second kappa shape index (κ2) is 11.5. The molecule has 1 aliphatic heterocycles. The Morgan fingerprint density at radius 1 is 1.21 bits per heavy atom. The molecule has 1 aromatic carbocycles. The van der Waals surface area contributed by atoms with Gasteiger partial charge in [-0.1, -0.05) is 24.3 Å². The van der Waals surface area contributed by atoms with Crippen molar-refractivity contribution in [3.63, 3.8) is 0 Å². The zero-order chi connectivity index (χ0) is 19.8. The van der Waals surface area contributed by atoms with Gasteiger partial charge < -0.3 is 20.3 Å². The standard InChI is InChI=1S/C21H28N4O3.ClH/c1-22-19(26)15-24-21(27)28-14-4-5-16-9-12-25(13-10-16)20-18-7-3-2-6-17(18)8-11-23-20;/h2-3,6-8,11,16H,4-5,9-10,12-15H2,1H3,(H,22,26)(H,24,27);1H. The Bertz CT molecular complexity index is 804. The van der Waals surface area contributed by atoms with E-state index in [-0.39, 0.29) is 24.9 Å². The third kappa shape index (κ3) is 6.49. The van der Waals surface area contributed by atoms with E-state index in [1.165, 1.54) is 17.8 Å². The number of fused-ring (bicyclic) bond motifs is 1. The van der Waals surface area contributed by atoms with Crippen molar-refractivity contribution in [2.45, 2.75) is 25.7 Å². The maximum atomic E-state index is 11.5. The van der Waals surface area contributed by atoms with Crippen LogP contribution in [0.5, 0.6) is 0 Å². The van der Waals surface area contributed by atoms with E-state index in [0.717, 1.165) is 44.6 Å². The number of carbonyl (C=O) groups is 2. The topological polar surface area (TPSA) is 83.6 Å². The Morgan fingerprint density at radius 2 is 1.97 bits per heavy atom. The molecule has 2 amide bonds. The van der Waals surface area contributed by atoms with Gasteiger partial charge in [0.1, 0.15) is 5.82 Å². The van der Waals surface area contributed by atoms with Gasteiger partial charge in [0.25, 0.3) is 0 Å². The first-order valence-electron chi connectivity index (χ1n) is 9.87. The molecule has 8 heteroatoms. The lowest BCUT2D eigenvalue weighted by Gasteiger charge is -2.33. The van der Waals surface area contributed by atoms with Gasteiger partial charge in [-0.25, -0.2) is 9.78 Å². The average Bonchev–Trinajstić information content (AvgIpc) is 2.75. The van der Waals surface area contributed by atoms with Crippen LogP contribution < -0.4 is 15.5 Å². The minimum atomic E-state index is -0.541. The SMILES string of the molecule is CNC(=O)CNC(=O)OCCCC1CCN(c2nccc3ccccc23)CC1.Cl. The number of ether oxygens (including phenoxy) is 1. The van der Waals surface area contributed by atoms with Gasteiger partial charge in [-0.2, -0.15) is 0 Å². The van der Waals surface area contributed by atoms with Gasteiger partial charge in [-0.3, -0.25) is 4.79 Å². The van der Waals surface area contributed by atoms with E-state index in [2.05, 4.69) is 50.8 Å². The zero-order valence-corrected chi connectivity index (χ0v) is 17.5. The summed E-state index contributed by atoms with van der Waals surface area (Å²) in [6.07, 6.45) is 5.46. The largest absolute Gasteiger partial charge is 0.450 e. The van der Waals surface area contributed by atoms with Crippen molar-refractivity contribution >= 4 is 41.0 Å². The predicted octanol–water partition coefficient (Wildman–Crippen LogP) is 3.13. The van der Waals surface area contributed by atoms with Crippen LogP contribution in [0.2, 0.25) is 0 Å². The van der Waals surface area contributed by atoms with Gasteiger partial charge >= 0.3 is 6.09 Å². The molecule has 0 bridgehead atoms. The highest BCUT2D eigenvalue weighted by molar-refractivity contribution is 5.92. The number of piperidine rings is 1. The van der Waals surface area contributed by atoms with Crippen molar-refractivity contribution in [1.82, 2.24) is 15.6 Å². The van der Waals surface area contributed by atoms with E-state index < -0.39 is 6.09 Å². The third-order valence-electron chi connectivity index (χ3n) is 5.23. The molecule has 2 N–H and O–H groups in total. The van der Waals surface area contributed by atoms with E-state index in [1.54, 1.807) is 0 Å². The van der Waals surface area contributed by atoms with Crippen LogP contribution in [0.15, 0.2) is 36.5 Å². The predicted molar refractivity (Wildman–Crippen MR) is 117 cm³/mol. The van der Waals surface area contributed by atoms with Crippen LogP contribution in [0.25, 0.3) is 10.8 Å². The second-order valence-electron chi connectivity index (χ2n) is 7.09. The molecule has 0 radical (unpaired) electrons. The van der Waals surface area contributed by atoms with Gasteiger partial charge in [-0.15, -0.1) is 12.4 Å². The van der Waals surface area contributed by atoms with Crippen LogP contribution in [0.4, 0.5) is 10.6 Å². The fourth-order valence-corrected chi connectivity index (χ4v) is 3.62. The zero-order valence-electron chi connectivity index (χ0n) is 16.7. The number of anilines is 1. The summed E-state index contributed by atoms with van der Waals surface area (Å²) in [5, 5.41) is 7.29. The molecule has 29 heavy (non-hydrogen) atoms. The minimum Gasteiger partial charge on any atom is -0.450 e. The highest BCUT2D eigenvalue weighted by Crippen LogP contribution is 2.29. The quantitative estimate of drug-likeness (QED) is 0.672. The van der Waals surface area contributed by atoms with Gasteiger partial charge in [-0.05, 0) is 43.1 Å². The fourth-order valence-electron chi connectivity index (χ4n) is 3.62. The van der Waals surface area contributed by atoms with Crippen molar-refractivity contribution in [1.29, 1.82) is 0 Å². The van der Waals surface area contributed by atoms with Crippen LogP contribution in [0.3, 0.4) is 0 Å². The molecule has 158 valence electrons. The number of hydrogen-bond donors (Lipinski definition) is 2. The van der Waals surface area contributed by atoms with Crippen molar-refractivity contribution in [2.24, 2.45) is 5.92 Å². The Kier molecular flexibility index (Phi) is 8.99. The molecule has 0 atom stereocenters. The number of nitrogens with zero attached hydrogens (tertiary/aromatic N) is 2. The summed E-state index contributed by atoms with van der Waals surface area (Å²) in [6.45, 7) is 2.32. The van der Waals surface area contributed by atoms with E-state index in [4.69, 9.17) is 4.74 Å². The number of aromatic nitrogens is 1. The van der Waals surface area contributed by atoms with E-state index in [9.17, 15) is 9.59 Å². The normalized spacial score (nSPS) is 14.2. The number of amides is 2. The number of carbonyl (C=O) groups excluding carboxylic acids is 2. The highest BCUT2D eigenvalue weighted by Gasteiger charge is 2.21. The lowest BCUT2D eigenvalue weighted by Crippen LogP contribution is -2.35. The number of halogens is 1. The van der Waals surface area contributed by atoms with Crippen LogP contribution in [-0.2, 0) is 9.53 Å². The molecular weight excluding hydrogens is 392 g/mol. The molecule has 0 unspecified atom stereocenters. The summed E-state index contributed by atoms with van der Waals surface area (Å²) >= 11 is 0. The smallest absolute Gasteiger partial charge is 0.407 e. The first-order chi connectivity index (χ1) is 13.7. The molecule has 2 heterocycles. The number of hydrogen-bond acceptors (Lipinski definition) is 5. The van der Waals surface area contributed by atoms with Crippen LogP contribution in [0.1, 0.15) is 25.7 Å². The maximum Gasteiger partial charge on any atom is 0.407 e. The molecule has 1 saturated heterocycles. The van der Waals surface area contributed by atoms with Crippen molar-refractivity contribution in [3.8, 4) is 0 Å². The first-order valence-corrected chi connectivity index (χ1v) is 9.87. The lowest BCUT2D eigenvalue weighted by molar-refractivity contribution is -0.119. The Labute approximate surface area is 177 Å². The van der Waals surface area contributed by atoms with Gasteiger partial charge in [0.05, 0.1) is 13.2 Å². The molecule has 7 nitrogen and oxygen atoms in total. The van der Waals surface area contributed by atoms with E-state index in [1.807, 2.05) is 6.20 Å². The number of alkyl carbamates (subject to hydrolysis) is 1. The Balaban J connectivity index is 0.00000300. The monoisotopic (exact) mass is 420 g/mol. The summed E-state index contributed by atoms with van der Waals surface area (Å²) in [7, 11) is 1.52. The number of likely N-dealkylation sites (N-methyl/N-ethyl adjacent to an activating group) is 1. The average molecular weight is 421 g/mol. The van der Waals surface area contributed by atoms with Crippen molar-refractivity contribution in [2.75, 3.05) is 38.2 Å². The first kappa shape index (κ1) is 22.7. The van der Waals surface area contributed by atoms with E-state index >= 15 is 0 Å². The molecule has 1 aliphatic rings. The van der Waals surface area contributed by atoms with Gasteiger partial charge in [0.2, 0.25) is 5.91 Å². The molecule has 3 rings (SSSR count). The van der Waals surface area contributed by atoms with Crippen LogP contribution in [-0.4, -0.2) is 50.3 Å². The Morgan fingerprint density at radius 3 is 2.72 bits per heavy atom.